The average molecular weight is 372 g/mol. The molecule has 1 aromatic heterocycles. The predicted octanol–water partition coefficient (Wildman–Crippen LogP) is 3.04. The Morgan fingerprint density at radius 1 is 1.42 bits per heavy atom. The van der Waals surface area contributed by atoms with E-state index in [9.17, 15) is 9.59 Å². The summed E-state index contributed by atoms with van der Waals surface area (Å²) in [4.78, 5) is 33.9. The largest absolute Gasteiger partial charge is 0.323 e. The molecule has 7 heteroatoms. The second-order valence-electron chi connectivity index (χ2n) is 6.59. The molecule has 1 atom stereocenters. The Morgan fingerprint density at radius 2 is 2.19 bits per heavy atom. The lowest BCUT2D eigenvalue weighted by molar-refractivity contribution is -0.120. The van der Waals surface area contributed by atoms with E-state index in [1.54, 1.807) is 16.2 Å². The zero-order valence-corrected chi connectivity index (χ0v) is 16.2. The molecule has 2 aromatic rings. The monoisotopic (exact) mass is 372 g/mol. The predicted molar refractivity (Wildman–Crippen MR) is 104 cm³/mol. The number of nitrogens with one attached hydrogen (secondary N) is 1. The van der Waals surface area contributed by atoms with E-state index in [0.717, 1.165) is 22.0 Å². The standard InChI is InChI=1S/C19H24N4O2S/c1-13(22(3)12-15-11-20-14(2)26-15)19(25)21-16-7-4-5-8-17(16)23-10-6-9-18(23)24/h4-5,7-8,11,13H,6,9-10,12H2,1-3H3,(H,21,25)/t13-/m1/s1. The molecule has 138 valence electrons. The summed E-state index contributed by atoms with van der Waals surface area (Å²) >= 11 is 1.64. The first kappa shape index (κ1) is 18.5. The quantitative estimate of drug-likeness (QED) is 0.846. The molecule has 0 unspecified atom stereocenters. The molecule has 1 fully saturated rings. The highest BCUT2D eigenvalue weighted by Crippen LogP contribution is 2.29. The molecule has 6 nitrogen and oxygen atoms in total. The third-order valence-electron chi connectivity index (χ3n) is 4.64. The van der Waals surface area contributed by atoms with Crippen LogP contribution in [0.2, 0.25) is 0 Å². The third kappa shape index (κ3) is 4.11. The number of anilines is 2. The zero-order chi connectivity index (χ0) is 18.7. The first-order valence-electron chi connectivity index (χ1n) is 8.77. The fraction of sp³-hybridized carbons (Fsp3) is 0.421. The Morgan fingerprint density at radius 3 is 2.85 bits per heavy atom. The summed E-state index contributed by atoms with van der Waals surface area (Å²) in [6, 6.07) is 7.18. The molecule has 2 amide bonds. The second-order valence-corrected chi connectivity index (χ2v) is 7.91. The number of likely N-dealkylation sites (N-methyl/N-ethyl adjacent to an activating group) is 1. The van der Waals surface area contributed by atoms with Gasteiger partial charge in [0, 0.05) is 30.6 Å². The lowest BCUT2D eigenvalue weighted by Crippen LogP contribution is -2.39. The van der Waals surface area contributed by atoms with Crippen molar-refractivity contribution in [1.82, 2.24) is 9.88 Å². The second kappa shape index (κ2) is 7.97. The van der Waals surface area contributed by atoms with Crippen LogP contribution in [-0.2, 0) is 16.1 Å². The third-order valence-corrected chi connectivity index (χ3v) is 5.54. The van der Waals surface area contributed by atoms with Crippen molar-refractivity contribution >= 4 is 34.5 Å². The van der Waals surface area contributed by atoms with Crippen molar-refractivity contribution in [2.75, 3.05) is 23.8 Å². The van der Waals surface area contributed by atoms with E-state index in [1.165, 1.54) is 0 Å². The van der Waals surface area contributed by atoms with E-state index < -0.39 is 0 Å². The van der Waals surface area contributed by atoms with Crippen LogP contribution in [0.3, 0.4) is 0 Å². The van der Waals surface area contributed by atoms with Crippen molar-refractivity contribution in [3.05, 3.63) is 40.3 Å². The number of aromatic nitrogens is 1. The lowest BCUT2D eigenvalue weighted by Gasteiger charge is -2.25. The van der Waals surface area contributed by atoms with Gasteiger partial charge in [0.2, 0.25) is 11.8 Å². The molecule has 0 bridgehead atoms. The SMILES string of the molecule is Cc1ncc(CN(C)[C@H](C)C(=O)Nc2ccccc2N2CCCC2=O)s1. The molecule has 1 aromatic carbocycles. The highest BCUT2D eigenvalue weighted by molar-refractivity contribution is 7.11. The fourth-order valence-electron chi connectivity index (χ4n) is 3.02. The minimum atomic E-state index is -0.306. The number of hydrogen-bond acceptors (Lipinski definition) is 5. The maximum absolute atomic E-state index is 12.7. The number of thiazole rings is 1. The van der Waals surface area contributed by atoms with E-state index in [-0.39, 0.29) is 17.9 Å². The number of carbonyl (C=O) groups excluding carboxylic acids is 2. The van der Waals surface area contributed by atoms with Crippen molar-refractivity contribution in [2.45, 2.75) is 39.3 Å². The van der Waals surface area contributed by atoms with Crippen LogP contribution in [0.25, 0.3) is 0 Å². The van der Waals surface area contributed by atoms with E-state index in [2.05, 4.69) is 10.3 Å². The Kier molecular flexibility index (Phi) is 5.68. The zero-order valence-electron chi connectivity index (χ0n) is 15.4. The van der Waals surface area contributed by atoms with Crippen LogP contribution in [0, 0.1) is 6.92 Å². The number of carbonyl (C=O) groups is 2. The summed E-state index contributed by atoms with van der Waals surface area (Å²) in [5.41, 5.74) is 1.46. The lowest BCUT2D eigenvalue weighted by atomic mass is 10.2. The minimum absolute atomic E-state index is 0.0900. The normalized spacial score (nSPS) is 15.5. The Balaban J connectivity index is 1.68. The van der Waals surface area contributed by atoms with E-state index in [4.69, 9.17) is 0 Å². The van der Waals surface area contributed by atoms with Gasteiger partial charge in [0.1, 0.15) is 0 Å². The van der Waals surface area contributed by atoms with Crippen LogP contribution in [-0.4, -0.2) is 41.3 Å². The molecule has 3 rings (SSSR count). The maximum atomic E-state index is 12.7. The van der Waals surface area contributed by atoms with Crippen LogP contribution in [0.1, 0.15) is 29.7 Å². The summed E-state index contributed by atoms with van der Waals surface area (Å²) in [6.45, 7) is 5.23. The Labute approximate surface area is 157 Å². The van der Waals surface area contributed by atoms with Gasteiger partial charge in [0.05, 0.1) is 22.4 Å². The molecular weight excluding hydrogens is 348 g/mol. The maximum Gasteiger partial charge on any atom is 0.241 e. The first-order chi connectivity index (χ1) is 12.5. The number of nitrogens with zero attached hydrogens (tertiary/aromatic N) is 3. The number of amides is 2. The molecule has 0 aliphatic carbocycles. The molecule has 1 N–H and O–H groups in total. The van der Waals surface area contributed by atoms with Gasteiger partial charge in [0.25, 0.3) is 0 Å². The van der Waals surface area contributed by atoms with Gasteiger partial charge in [-0.05, 0) is 39.4 Å². The van der Waals surface area contributed by atoms with Gasteiger partial charge in [-0.1, -0.05) is 12.1 Å². The number of rotatable bonds is 6. The van der Waals surface area contributed by atoms with Crippen molar-refractivity contribution in [3.63, 3.8) is 0 Å². The van der Waals surface area contributed by atoms with Crippen LogP contribution in [0.5, 0.6) is 0 Å². The van der Waals surface area contributed by atoms with Crippen LogP contribution in [0.15, 0.2) is 30.5 Å². The molecule has 1 aliphatic rings. The summed E-state index contributed by atoms with van der Waals surface area (Å²) in [5.74, 6) is 0.0188. The highest BCUT2D eigenvalue weighted by atomic mass is 32.1. The first-order valence-corrected chi connectivity index (χ1v) is 9.59. The Hall–Kier alpha value is -2.25. The fourth-order valence-corrected chi connectivity index (χ4v) is 3.87. The average Bonchev–Trinajstić information content (AvgIpc) is 3.22. The van der Waals surface area contributed by atoms with Crippen molar-refractivity contribution in [3.8, 4) is 0 Å². The van der Waals surface area contributed by atoms with Crippen LogP contribution < -0.4 is 10.2 Å². The van der Waals surface area contributed by atoms with Crippen LogP contribution >= 0.6 is 11.3 Å². The Bertz CT molecular complexity index is 804. The molecular formula is C19H24N4O2S. The molecule has 26 heavy (non-hydrogen) atoms. The van der Waals surface area contributed by atoms with Crippen molar-refractivity contribution in [2.24, 2.45) is 0 Å². The van der Waals surface area contributed by atoms with Crippen molar-refractivity contribution in [1.29, 1.82) is 0 Å². The van der Waals surface area contributed by atoms with E-state index in [0.29, 0.717) is 25.2 Å². The summed E-state index contributed by atoms with van der Waals surface area (Å²) in [6.07, 6.45) is 3.28. The summed E-state index contributed by atoms with van der Waals surface area (Å²) in [5, 5.41) is 4.02. The summed E-state index contributed by atoms with van der Waals surface area (Å²) in [7, 11) is 1.93. The van der Waals surface area contributed by atoms with Crippen LogP contribution in [0.4, 0.5) is 11.4 Å². The molecule has 0 spiro atoms. The molecule has 2 heterocycles. The van der Waals surface area contributed by atoms with Gasteiger partial charge in [0.15, 0.2) is 0 Å². The van der Waals surface area contributed by atoms with Crippen molar-refractivity contribution < 1.29 is 9.59 Å². The van der Waals surface area contributed by atoms with Gasteiger partial charge < -0.3 is 10.2 Å². The van der Waals surface area contributed by atoms with Gasteiger partial charge in [-0.3, -0.25) is 14.5 Å². The van der Waals surface area contributed by atoms with Gasteiger partial charge in [-0.2, -0.15) is 0 Å². The van der Waals surface area contributed by atoms with Gasteiger partial charge in [-0.15, -0.1) is 11.3 Å². The number of benzene rings is 1. The molecule has 1 aliphatic heterocycles. The smallest absolute Gasteiger partial charge is 0.241 e. The summed E-state index contributed by atoms with van der Waals surface area (Å²) < 4.78 is 0. The van der Waals surface area contributed by atoms with E-state index in [1.807, 2.05) is 56.3 Å². The number of aryl methyl sites for hydroxylation is 1. The van der Waals surface area contributed by atoms with Gasteiger partial charge >= 0.3 is 0 Å². The highest BCUT2D eigenvalue weighted by Gasteiger charge is 2.25. The molecule has 0 saturated carbocycles. The topological polar surface area (TPSA) is 65.5 Å². The molecule has 1 saturated heterocycles. The van der Waals surface area contributed by atoms with E-state index >= 15 is 0 Å². The minimum Gasteiger partial charge on any atom is -0.323 e. The number of hydrogen-bond donors (Lipinski definition) is 1. The van der Waals surface area contributed by atoms with Gasteiger partial charge in [-0.25, -0.2) is 4.98 Å². The number of para-hydroxylation sites is 2. The molecule has 0 radical (unpaired) electrons.